The number of hydrogen-bond donors (Lipinski definition) is 1. The number of nitrogens with two attached hydrogens (primary N) is 1. The van der Waals surface area contributed by atoms with Gasteiger partial charge in [-0.2, -0.15) is 0 Å². The molecule has 0 saturated carbocycles. The molecule has 1 saturated heterocycles. The first-order valence-corrected chi connectivity index (χ1v) is 10.3. The molecule has 1 aromatic heterocycles. The molecular formula is C26H27Cl2N3O. The van der Waals surface area contributed by atoms with Crippen molar-refractivity contribution in [1.29, 1.82) is 0 Å². The van der Waals surface area contributed by atoms with Gasteiger partial charge in [-0.1, -0.05) is 42.5 Å². The zero-order chi connectivity index (χ0) is 20.9. The van der Waals surface area contributed by atoms with Crippen LogP contribution in [-0.2, 0) is 6.54 Å². The Morgan fingerprint density at radius 1 is 1.03 bits per heavy atom. The number of nitrogens with zero attached hydrogens (tertiary/aromatic N) is 2. The maximum atomic E-state index is 12.7. The summed E-state index contributed by atoms with van der Waals surface area (Å²) in [6.45, 7) is 2.02. The molecule has 0 spiro atoms. The van der Waals surface area contributed by atoms with Crippen molar-refractivity contribution in [3.8, 4) is 23.5 Å². The number of rotatable bonds is 3. The van der Waals surface area contributed by atoms with E-state index in [4.69, 9.17) is 12.2 Å². The van der Waals surface area contributed by atoms with Gasteiger partial charge in [-0.05, 0) is 65.1 Å². The molecule has 4 nitrogen and oxygen atoms in total. The summed E-state index contributed by atoms with van der Waals surface area (Å²) in [5.74, 6) is 2.94. The van der Waals surface area contributed by atoms with Gasteiger partial charge in [-0.25, -0.2) is 4.98 Å². The number of pyridine rings is 1. The van der Waals surface area contributed by atoms with Gasteiger partial charge in [0.1, 0.15) is 5.69 Å². The van der Waals surface area contributed by atoms with Gasteiger partial charge in [0, 0.05) is 25.8 Å². The van der Waals surface area contributed by atoms with Crippen LogP contribution in [0.15, 0.2) is 66.9 Å². The smallest absolute Gasteiger partial charge is 0.256 e. The van der Waals surface area contributed by atoms with Crippen LogP contribution in [-0.4, -0.2) is 28.9 Å². The minimum Gasteiger partial charge on any atom is -0.339 e. The van der Waals surface area contributed by atoms with E-state index in [1.165, 1.54) is 16.7 Å². The lowest BCUT2D eigenvalue weighted by atomic mass is 9.88. The number of benzene rings is 2. The summed E-state index contributed by atoms with van der Waals surface area (Å²) in [5, 5.41) is 0. The molecule has 3 aliphatic rings. The fourth-order valence-corrected chi connectivity index (χ4v) is 3.93. The highest BCUT2D eigenvalue weighted by molar-refractivity contribution is 5.96. The number of terminal acetylenes is 1. The van der Waals surface area contributed by atoms with Gasteiger partial charge in [0.25, 0.3) is 5.91 Å². The number of piperidine rings is 1. The number of carbonyl (C=O) groups excluding carboxylic acids is 1. The van der Waals surface area contributed by atoms with Crippen LogP contribution in [0, 0.1) is 12.3 Å². The fraction of sp³-hybridized carbons (Fsp3) is 0.231. The van der Waals surface area contributed by atoms with E-state index < -0.39 is 0 Å². The Kier molecular flexibility index (Phi) is 9.28. The second-order valence-corrected chi connectivity index (χ2v) is 7.64. The molecule has 2 heterocycles. The zero-order valence-electron chi connectivity index (χ0n) is 17.7. The standard InChI is InChI=1S/C20H21N3O.C6H4.2ClH/c1-2-19-18(7-4-10-22-19)20(24)23-11-8-16(9-12-23)17-6-3-5-15(13-17)14-21;1-2-5-4-6(5)3-1;;/h1,3-7,10,13,16H,8-9,11-12,14,21H2;1-4H;2*1H. The summed E-state index contributed by atoms with van der Waals surface area (Å²) in [7, 11) is 0. The lowest BCUT2D eigenvalue weighted by Gasteiger charge is -2.32. The van der Waals surface area contributed by atoms with Gasteiger partial charge in [0.2, 0.25) is 0 Å². The minimum atomic E-state index is -0.0230. The minimum absolute atomic E-state index is 0. The molecular weight excluding hydrogens is 441 g/mol. The Labute approximate surface area is 202 Å². The predicted octanol–water partition coefficient (Wildman–Crippen LogP) is 5.05. The summed E-state index contributed by atoms with van der Waals surface area (Å²) in [6, 6.07) is 20.4. The van der Waals surface area contributed by atoms with Crippen LogP contribution < -0.4 is 5.73 Å². The number of carbonyl (C=O) groups is 1. The van der Waals surface area contributed by atoms with Crippen molar-refractivity contribution < 1.29 is 4.79 Å². The summed E-state index contributed by atoms with van der Waals surface area (Å²) >= 11 is 0. The lowest BCUT2D eigenvalue weighted by Crippen LogP contribution is -2.38. The zero-order valence-corrected chi connectivity index (χ0v) is 19.4. The number of likely N-dealkylation sites (tertiary alicyclic amines) is 1. The van der Waals surface area contributed by atoms with E-state index in [0.29, 0.717) is 23.7 Å². The monoisotopic (exact) mass is 467 g/mol. The van der Waals surface area contributed by atoms with Crippen LogP contribution in [0.4, 0.5) is 0 Å². The molecule has 0 atom stereocenters. The van der Waals surface area contributed by atoms with E-state index in [0.717, 1.165) is 31.5 Å². The van der Waals surface area contributed by atoms with Crippen LogP contribution in [0.5, 0.6) is 0 Å². The van der Waals surface area contributed by atoms with E-state index in [2.05, 4.69) is 53.4 Å². The molecule has 1 aliphatic heterocycles. The third-order valence-corrected chi connectivity index (χ3v) is 5.73. The Morgan fingerprint density at radius 3 is 2.28 bits per heavy atom. The van der Waals surface area contributed by atoms with Crippen LogP contribution in [0.1, 0.15) is 45.9 Å². The SMILES string of the molecule is C#Cc1ncccc1C(=O)N1CCC(c2cccc(CN)c2)CC1.Cl.Cl.c1cc2cc-2c1. The fourth-order valence-electron chi connectivity index (χ4n) is 3.93. The maximum absolute atomic E-state index is 12.7. The first-order chi connectivity index (χ1) is 14.7. The van der Waals surface area contributed by atoms with Gasteiger partial charge in [0.05, 0.1) is 5.56 Å². The summed E-state index contributed by atoms with van der Waals surface area (Å²) in [4.78, 5) is 18.7. The van der Waals surface area contributed by atoms with Crippen molar-refractivity contribution in [3.63, 3.8) is 0 Å². The lowest BCUT2D eigenvalue weighted by molar-refractivity contribution is 0.0712. The third-order valence-electron chi connectivity index (χ3n) is 5.73. The van der Waals surface area contributed by atoms with E-state index in [1.807, 2.05) is 11.0 Å². The Morgan fingerprint density at radius 2 is 1.72 bits per heavy atom. The molecule has 0 unspecified atom stereocenters. The topological polar surface area (TPSA) is 59.2 Å². The van der Waals surface area contributed by atoms with Crippen molar-refractivity contribution in [2.45, 2.75) is 25.3 Å². The van der Waals surface area contributed by atoms with Gasteiger partial charge < -0.3 is 10.6 Å². The van der Waals surface area contributed by atoms with Crippen LogP contribution in [0.25, 0.3) is 11.1 Å². The summed E-state index contributed by atoms with van der Waals surface area (Å²) < 4.78 is 0. The van der Waals surface area contributed by atoms with Crippen LogP contribution in [0.3, 0.4) is 0 Å². The highest BCUT2D eigenvalue weighted by atomic mass is 35.5. The van der Waals surface area contributed by atoms with Gasteiger partial charge in [-0.3, -0.25) is 4.79 Å². The molecule has 0 bridgehead atoms. The van der Waals surface area contributed by atoms with Gasteiger partial charge in [0.15, 0.2) is 0 Å². The largest absolute Gasteiger partial charge is 0.339 e. The average molecular weight is 468 g/mol. The first-order valence-electron chi connectivity index (χ1n) is 10.3. The van der Waals surface area contributed by atoms with E-state index in [9.17, 15) is 4.79 Å². The second kappa shape index (κ2) is 11.7. The number of amides is 1. The van der Waals surface area contributed by atoms with Gasteiger partial charge in [-0.15, -0.1) is 31.2 Å². The molecule has 0 radical (unpaired) electrons. The molecule has 166 valence electrons. The first kappa shape index (κ1) is 25.4. The highest BCUT2D eigenvalue weighted by Crippen LogP contribution is 2.32. The number of hydrogen-bond acceptors (Lipinski definition) is 3. The summed E-state index contributed by atoms with van der Waals surface area (Å²) in [6.07, 6.45) is 8.96. The molecule has 5 rings (SSSR count). The van der Waals surface area contributed by atoms with Crippen LogP contribution in [0.2, 0.25) is 0 Å². The van der Waals surface area contributed by atoms with Crippen molar-refractivity contribution in [2.75, 3.05) is 13.1 Å². The Balaban J connectivity index is 0.000000387. The second-order valence-electron chi connectivity index (χ2n) is 7.64. The molecule has 1 aromatic carbocycles. The highest BCUT2D eigenvalue weighted by Gasteiger charge is 2.26. The number of halogens is 2. The average Bonchev–Trinajstić information content (AvgIpc) is 3.43. The third kappa shape index (κ3) is 5.89. The molecule has 2 aromatic rings. The Bertz CT molecular complexity index is 1080. The molecule has 6 heteroatoms. The number of fused-ring (bicyclic) bond motifs is 1. The summed E-state index contributed by atoms with van der Waals surface area (Å²) in [5.41, 5.74) is 12.0. The Hall–Kier alpha value is -2.84. The van der Waals surface area contributed by atoms with Crippen molar-refractivity contribution in [2.24, 2.45) is 5.73 Å². The van der Waals surface area contributed by atoms with E-state index in [-0.39, 0.29) is 30.7 Å². The van der Waals surface area contributed by atoms with Crippen LogP contribution >= 0.6 is 24.8 Å². The molecule has 2 aliphatic carbocycles. The van der Waals surface area contributed by atoms with E-state index >= 15 is 0 Å². The van der Waals surface area contributed by atoms with Gasteiger partial charge >= 0.3 is 0 Å². The van der Waals surface area contributed by atoms with E-state index in [1.54, 1.807) is 18.3 Å². The van der Waals surface area contributed by atoms with Crippen molar-refractivity contribution >= 4 is 30.7 Å². The quantitative estimate of drug-likeness (QED) is 0.428. The predicted molar refractivity (Wildman–Crippen MR) is 134 cm³/mol. The molecule has 1 amide bonds. The maximum Gasteiger partial charge on any atom is 0.256 e. The number of aromatic nitrogens is 1. The van der Waals surface area contributed by atoms with Crippen molar-refractivity contribution in [1.82, 2.24) is 9.88 Å². The molecule has 32 heavy (non-hydrogen) atoms. The van der Waals surface area contributed by atoms with Crippen molar-refractivity contribution in [3.05, 3.63) is 89.2 Å². The molecule has 1 fully saturated rings. The molecule has 2 N–H and O–H groups in total. The normalized spacial score (nSPS) is 13.4.